The molecule has 1 heterocycles. The number of ether oxygens (including phenoxy) is 2. The second-order valence-electron chi connectivity index (χ2n) is 4.52. The van der Waals surface area contributed by atoms with Crippen LogP contribution in [0.1, 0.15) is 31.9 Å². The number of methoxy groups -OCH3 is 1. The molecule has 1 fully saturated rings. The lowest BCUT2D eigenvalue weighted by Crippen LogP contribution is -2.26. The highest BCUT2D eigenvalue weighted by Gasteiger charge is 2.40. The van der Waals surface area contributed by atoms with Gasteiger partial charge < -0.3 is 9.47 Å². The van der Waals surface area contributed by atoms with Crippen molar-refractivity contribution in [2.24, 2.45) is 0 Å². The molecule has 2 rings (SSSR count). The number of hydrogen-bond acceptors (Lipinski definition) is 3. The Morgan fingerprint density at radius 3 is 2.38 bits per heavy atom. The summed E-state index contributed by atoms with van der Waals surface area (Å²) in [6, 6.07) is 7.65. The van der Waals surface area contributed by atoms with E-state index < -0.39 is 5.60 Å². The van der Waals surface area contributed by atoms with Crippen molar-refractivity contribution in [3.05, 3.63) is 29.8 Å². The molecule has 86 valence electrons. The number of rotatable bonds is 2. The molecule has 0 radical (unpaired) electrons. The van der Waals surface area contributed by atoms with E-state index in [2.05, 4.69) is 0 Å². The zero-order valence-electron chi connectivity index (χ0n) is 9.82. The fourth-order valence-corrected chi connectivity index (χ4v) is 1.88. The molecule has 0 aliphatic carbocycles. The topological polar surface area (TPSA) is 35.5 Å². The van der Waals surface area contributed by atoms with Crippen LogP contribution in [0.25, 0.3) is 0 Å². The van der Waals surface area contributed by atoms with E-state index in [0.717, 1.165) is 11.3 Å². The molecule has 0 spiro atoms. The molecule has 1 atom stereocenters. The van der Waals surface area contributed by atoms with Crippen LogP contribution < -0.4 is 4.74 Å². The van der Waals surface area contributed by atoms with Crippen LogP contribution in [0.2, 0.25) is 0 Å². The largest absolute Gasteiger partial charge is 0.497 e. The first-order chi connectivity index (χ1) is 7.53. The van der Waals surface area contributed by atoms with E-state index in [4.69, 9.17) is 9.47 Å². The smallest absolute Gasteiger partial charge is 0.167 e. The Kier molecular flexibility index (Phi) is 2.72. The van der Waals surface area contributed by atoms with Crippen LogP contribution in [-0.4, -0.2) is 18.5 Å². The van der Waals surface area contributed by atoms with Crippen molar-refractivity contribution in [1.29, 1.82) is 0 Å². The predicted octanol–water partition coefficient (Wildman–Crippen LogP) is 2.50. The molecule has 3 nitrogen and oxygen atoms in total. The third-order valence-electron chi connectivity index (χ3n) is 2.97. The maximum Gasteiger partial charge on any atom is 0.167 e. The van der Waals surface area contributed by atoms with Crippen LogP contribution >= 0.6 is 0 Å². The summed E-state index contributed by atoms with van der Waals surface area (Å²) >= 11 is 0. The van der Waals surface area contributed by atoms with Crippen molar-refractivity contribution in [2.75, 3.05) is 7.11 Å². The second-order valence-corrected chi connectivity index (χ2v) is 4.52. The van der Waals surface area contributed by atoms with Gasteiger partial charge in [0, 0.05) is 6.42 Å². The molecule has 0 unspecified atom stereocenters. The molecule has 16 heavy (non-hydrogen) atoms. The summed E-state index contributed by atoms with van der Waals surface area (Å²) in [7, 11) is 1.63. The molecule has 3 heteroatoms. The van der Waals surface area contributed by atoms with Gasteiger partial charge in [-0.25, -0.2) is 0 Å². The summed E-state index contributed by atoms with van der Waals surface area (Å²) in [5, 5.41) is 0. The molecule has 0 saturated carbocycles. The van der Waals surface area contributed by atoms with Crippen LogP contribution in [0.15, 0.2) is 24.3 Å². The van der Waals surface area contributed by atoms with Crippen LogP contribution in [0.5, 0.6) is 5.75 Å². The Morgan fingerprint density at radius 2 is 1.94 bits per heavy atom. The molecular formula is C13H16O3. The molecule has 0 aromatic heterocycles. The van der Waals surface area contributed by atoms with Gasteiger partial charge in [0.25, 0.3) is 0 Å². The minimum absolute atomic E-state index is 0.117. The van der Waals surface area contributed by atoms with E-state index in [9.17, 15) is 4.79 Å². The predicted molar refractivity (Wildman–Crippen MR) is 60.5 cm³/mol. The Labute approximate surface area is 95.4 Å². The number of carbonyl (C=O) groups is 1. The first kappa shape index (κ1) is 11.1. The van der Waals surface area contributed by atoms with Crippen molar-refractivity contribution in [3.63, 3.8) is 0 Å². The number of carbonyl (C=O) groups excluding carboxylic acids is 1. The van der Waals surface area contributed by atoms with Crippen LogP contribution in [0.3, 0.4) is 0 Å². The molecule has 1 saturated heterocycles. The zero-order valence-corrected chi connectivity index (χ0v) is 9.82. The summed E-state index contributed by atoms with van der Waals surface area (Å²) in [5.74, 6) is 0.973. The van der Waals surface area contributed by atoms with E-state index in [-0.39, 0.29) is 11.9 Å². The summed E-state index contributed by atoms with van der Waals surface area (Å²) in [4.78, 5) is 11.7. The van der Waals surface area contributed by atoms with E-state index in [0.29, 0.717) is 6.42 Å². The number of Topliss-reactive ketones (excluding diaryl/α,β-unsaturated/α-hetero) is 1. The van der Waals surface area contributed by atoms with Crippen molar-refractivity contribution < 1.29 is 14.3 Å². The lowest BCUT2D eigenvalue weighted by atomic mass is 10.0. The van der Waals surface area contributed by atoms with Gasteiger partial charge in [-0.3, -0.25) is 4.79 Å². The minimum Gasteiger partial charge on any atom is -0.497 e. The zero-order chi connectivity index (χ0) is 11.8. The van der Waals surface area contributed by atoms with E-state index in [1.165, 1.54) is 0 Å². The quantitative estimate of drug-likeness (QED) is 0.768. The molecular weight excluding hydrogens is 204 g/mol. The molecule has 0 amide bonds. The molecule has 0 bridgehead atoms. The SMILES string of the molecule is COc1ccc([C@H]2CC(=O)C(C)(C)O2)cc1. The van der Waals surface area contributed by atoms with Gasteiger partial charge in [0.1, 0.15) is 11.4 Å². The van der Waals surface area contributed by atoms with Crippen LogP contribution in [0, 0.1) is 0 Å². The van der Waals surface area contributed by atoms with E-state index >= 15 is 0 Å². The molecule has 1 aromatic rings. The van der Waals surface area contributed by atoms with Gasteiger partial charge in [-0.05, 0) is 31.5 Å². The lowest BCUT2D eigenvalue weighted by Gasteiger charge is -2.17. The van der Waals surface area contributed by atoms with Gasteiger partial charge in [-0.2, -0.15) is 0 Å². The van der Waals surface area contributed by atoms with Gasteiger partial charge in [0.15, 0.2) is 5.78 Å². The summed E-state index contributed by atoms with van der Waals surface area (Å²) in [6.45, 7) is 3.64. The Hall–Kier alpha value is -1.35. The fourth-order valence-electron chi connectivity index (χ4n) is 1.88. The maximum atomic E-state index is 11.7. The normalized spacial score (nSPS) is 23.4. The molecule has 1 aromatic carbocycles. The first-order valence-corrected chi connectivity index (χ1v) is 5.38. The highest BCUT2D eigenvalue weighted by atomic mass is 16.5. The summed E-state index contributed by atoms with van der Waals surface area (Å²) < 4.78 is 10.8. The average molecular weight is 220 g/mol. The van der Waals surface area contributed by atoms with Gasteiger partial charge >= 0.3 is 0 Å². The number of benzene rings is 1. The Bertz CT molecular complexity index is 392. The fraction of sp³-hybridized carbons (Fsp3) is 0.462. The Morgan fingerprint density at radius 1 is 1.31 bits per heavy atom. The molecule has 0 N–H and O–H groups in total. The highest BCUT2D eigenvalue weighted by Crippen LogP contribution is 2.36. The first-order valence-electron chi connectivity index (χ1n) is 5.38. The van der Waals surface area contributed by atoms with Crippen molar-refractivity contribution in [2.45, 2.75) is 32.0 Å². The number of ketones is 1. The maximum absolute atomic E-state index is 11.7. The monoisotopic (exact) mass is 220 g/mol. The van der Waals surface area contributed by atoms with Gasteiger partial charge in [0.2, 0.25) is 0 Å². The van der Waals surface area contributed by atoms with Crippen molar-refractivity contribution in [1.82, 2.24) is 0 Å². The summed E-state index contributed by atoms with van der Waals surface area (Å²) in [5.41, 5.74) is 0.379. The van der Waals surface area contributed by atoms with Crippen molar-refractivity contribution >= 4 is 5.78 Å². The van der Waals surface area contributed by atoms with Crippen LogP contribution in [-0.2, 0) is 9.53 Å². The van der Waals surface area contributed by atoms with Crippen LogP contribution in [0.4, 0.5) is 0 Å². The van der Waals surface area contributed by atoms with Gasteiger partial charge in [-0.1, -0.05) is 12.1 Å². The number of hydrogen-bond donors (Lipinski definition) is 0. The standard InChI is InChI=1S/C13H16O3/c1-13(2)12(14)8-11(16-13)9-4-6-10(15-3)7-5-9/h4-7,11H,8H2,1-3H3/t11-/m1/s1. The lowest BCUT2D eigenvalue weighted by molar-refractivity contribution is -0.129. The van der Waals surface area contributed by atoms with E-state index in [1.54, 1.807) is 7.11 Å². The minimum atomic E-state index is -0.648. The molecule has 1 aliphatic heterocycles. The summed E-state index contributed by atoms with van der Waals surface area (Å²) in [6.07, 6.45) is 0.340. The van der Waals surface area contributed by atoms with Gasteiger partial charge in [0.05, 0.1) is 13.2 Å². The average Bonchev–Trinajstić information content (AvgIpc) is 2.54. The Balaban J connectivity index is 2.17. The third-order valence-corrected chi connectivity index (χ3v) is 2.97. The third kappa shape index (κ3) is 1.95. The van der Waals surface area contributed by atoms with Crippen molar-refractivity contribution in [3.8, 4) is 5.75 Å². The molecule has 1 aliphatic rings. The highest BCUT2D eigenvalue weighted by molar-refractivity contribution is 5.88. The van der Waals surface area contributed by atoms with Gasteiger partial charge in [-0.15, -0.1) is 0 Å². The van der Waals surface area contributed by atoms with E-state index in [1.807, 2.05) is 38.1 Å². The second kappa shape index (κ2) is 3.91.